The second kappa shape index (κ2) is 11.0. The lowest BCUT2D eigenvalue weighted by Crippen LogP contribution is -2.29. The van der Waals surface area contributed by atoms with E-state index in [2.05, 4.69) is 20.3 Å². The number of hydrogen-bond acceptors (Lipinski definition) is 8. The molecule has 0 bridgehead atoms. The molecule has 4 rings (SSSR count). The first kappa shape index (κ1) is 24.2. The SMILES string of the molecule is CC[C@@H](Sc1nc2nccnc2c(=O)n1Cc1ccc(OC)cc1)C(=O)Nc1ccc(OC)cc1. The zero-order valence-electron chi connectivity index (χ0n) is 19.6. The average molecular weight is 492 g/mol. The Morgan fingerprint density at radius 1 is 1.00 bits per heavy atom. The number of nitrogens with zero attached hydrogens (tertiary/aromatic N) is 4. The van der Waals surface area contributed by atoms with Gasteiger partial charge in [0.25, 0.3) is 5.56 Å². The Kier molecular flexibility index (Phi) is 7.61. The molecule has 1 amide bonds. The van der Waals surface area contributed by atoms with Crippen LogP contribution in [0, 0.1) is 0 Å². The number of amides is 1. The lowest BCUT2D eigenvalue weighted by molar-refractivity contribution is -0.115. The Labute approximate surface area is 206 Å². The van der Waals surface area contributed by atoms with Gasteiger partial charge in [-0.2, -0.15) is 0 Å². The molecule has 0 saturated heterocycles. The molecule has 2 aromatic heterocycles. The van der Waals surface area contributed by atoms with Crippen LogP contribution in [-0.4, -0.2) is 44.9 Å². The standard InChI is InChI=1S/C25H25N5O4S/c1-4-20(23(31)28-17-7-11-19(34-3)12-8-17)35-25-29-22-21(26-13-14-27-22)24(32)30(25)15-16-5-9-18(33-2)10-6-16/h5-14,20H,4,15H2,1-3H3,(H,28,31)/t20-/m1/s1. The van der Waals surface area contributed by atoms with Crippen molar-refractivity contribution in [2.24, 2.45) is 0 Å². The second-order valence-corrected chi connectivity index (χ2v) is 8.76. The van der Waals surface area contributed by atoms with Crippen LogP contribution in [0.5, 0.6) is 11.5 Å². The number of ether oxygens (including phenoxy) is 2. The number of nitrogens with one attached hydrogen (secondary N) is 1. The van der Waals surface area contributed by atoms with Gasteiger partial charge in [0.1, 0.15) is 11.5 Å². The third-order valence-electron chi connectivity index (χ3n) is 5.33. The van der Waals surface area contributed by atoms with Crippen LogP contribution in [0.1, 0.15) is 18.9 Å². The number of anilines is 1. The minimum atomic E-state index is -0.486. The highest BCUT2D eigenvalue weighted by atomic mass is 32.2. The van der Waals surface area contributed by atoms with Crippen molar-refractivity contribution in [1.29, 1.82) is 0 Å². The number of methoxy groups -OCH3 is 2. The highest BCUT2D eigenvalue weighted by molar-refractivity contribution is 8.00. The predicted octanol–water partition coefficient (Wildman–Crippen LogP) is 3.76. The number of aromatic nitrogens is 4. The van der Waals surface area contributed by atoms with Crippen LogP contribution in [0.25, 0.3) is 11.2 Å². The van der Waals surface area contributed by atoms with Crippen LogP contribution in [0.4, 0.5) is 5.69 Å². The van der Waals surface area contributed by atoms with E-state index in [4.69, 9.17) is 9.47 Å². The van der Waals surface area contributed by atoms with E-state index in [9.17, 15) is 9.59 Å². The van der Waals surface area contributed by atoms with Gasteiger partial charge in [-0.25, -0.2) is 15.0 Å². The monoisotopic (exact) mass is 491 g/mol. The fraction of sp³-hybridized carbons (Fsp3) is 0.240. The molecule has 0 aliphatic rings. The fourth-order valence-electron chi connectivity index (χ4n) is 3.42. The van der Waals surface area contributed by atoms with E-state index in [0.717, 1.165) is 11.3 Å². The molecule has 4 aromatic rings. The van der Waals surface area contributed by atoms with Crippen molar-refractivity contribution in [3.05, 3.63) is 76.8 Å². The lowest BCUT2D eigenvalue weighted by atomic mass is 10.2. The Morgan fingerprint density at radius 3 is 2.26 bits per heavy atom. The van der Waals surface area contributed by atoms with Crippen LogP contribution >= 0.6 is 11.8 Å². The molecule has 10 heteroatoms. The Balaban J connectivity index is 1.65. The normalized spacial score (nSPS) is 11.7. The summed E-state index contributed by atoms with van der Waals surface area (Å²) >= 11 is 1.23. The van der Waals surface area contributed by atoms with Gasteiger partial charge in [0.15, 0.2) is 16.3 Å². The zero-order valence-corrected chi connectivity index (χ0v) is 20.4. The third kappa shape index (κ3) is 5.60. The first-order chi connectivity index (χ1) is 17.0. The summed E-state index contributed by atoms with van der Waals surface area (Å²) < 4.78 is 11.9. The number of fused-ring (bicyclic) bond motifs is 1. The molecular formula is C25H25N5O4S. The van der Waals surface area contributed by atoms with Gasteiger partial charge in [-0.15, -0.1) is 0 Å². The number of benzene rings is 2. The number of carbonyl (C=O) groups is 1. The van der Waals surface area contributed by atoms with Crippen LogP contribution in [0.3, 0.4) is 0 Å². The summed E-state index contributed by atoms with van der Waals surface area (Å²) in [6.45, 7) is 2.18. The second-order valence-electron chi connectivity index (χ2n) is 7.59. The van der Waals surface area contributed by atoms with Crippen molar-refractivity contribution in [3.8, 4) is 11.5 Å². The molecule has 0 aliphatic heterocycles. The molecule has 0 radical (unpaired) electrons. The van der Waals surface area contributed by atoms with E-state index in [1.54, 1.807) is 38.5 Å². The summed E-state index contributed by atoms with van der Waals surface area (Å²) in [6.07, 6.45) is 3.49. The molecule has 0 aliphatic carbocycles. The Morgan fingerprint density at radius 2 is 1.63 bits per heavy atom. The van der Waals surface area contributed by atoms with Crippen molar-refractivity contribution in [2.75, 3.05) is 19.5 Å². The van der Waals surface area contributed by atoms with Gasteiger partial charge in [0.05, 0.1) is 26.0 Å². The average Bonchev–Trinajstić information content (AvgIpc) is 2.90. The highest BCUT2D eigenvalue weighted by Crippen LogP contribution is 2.26. The molecule has 9 nitrogen and oxygen atoms in total. The van der Waals surface area contributed by atoms with Crippen LogP contribution < -0.4 is 20.3 Å². The Bertz CT molecular complexity index is 1370. The maximum atomic E-state index is 13.3. The molecule has 0 spiro atoms. The summed E-state index contributed by atoms with van der Waals surface area (Å²) in [6, 6.07) is 14.5. The number of carbonyl (C=O) groups excluding carboxylic acids is 1. The summed E-state index contributed by atoms with van der Waals surface area (Å²) in [5.74, 6) is 1.24. The largest absolute Gasteiger partial charge is 0.497 e. The van der Waals surface area contributed by atoms with Crippen molar-refractivity contribution in [1.82, 2.24) is 19.5 Å². The summed E-state index contributed by atoms with van der Waals surface area (Å²) in [5, 5.41) is 2.84. The van der Waals surface area contributed by atoms with Gasteiger partial charge in [0.2, 0.25) is 5.91 Å². The van der Waals surface area contributed by atoms with Gasteiger partial charge in [-0.1, -0.05) is 30.8 Å². The van der Waals surface area contributed by atoms with Crippen LogP contribution in [0.15, 0.2) is 70.9 Å². The van der Waals surface area contributed by atoms with Crippen molar-refractivity contribution < 1.29 is 14.3 Å². The molecule has 180 valence electrons. The van der Waals surface area contributed by atoms with Gasteiger partial charge >= 0.3 is 0 Å². The van der Waals surface area contributed by atoms with E-state index in [0.29, 0.717) is 23.0 Å². The van der Waals surface area contributed by atoms with Crippen LogP contribution in [0.2, 0.25) is 0 Å². The number of thioether (sulfide) groups is 1. The summed E-state index contributed by atoms with van der Waals surface area (Å²) in [7, 11) is 3.19. The molecule has 2 heterocycles. The van der Waals surface area contributed by atoms with E-state index in [-0.39, 0.29) is 29.2 Å². The maximum absolute atomic E-state index is 13.3. The predicted molar refractivity (Wildman–Crippen MR) is 135 cm³/mol. The molecule has 0 saturated carbocycles. The third-order valence-corrected chi connectivity index (χ3v) is 6.68. The Hall–Kier alpha value is -3.92. The maximum Gasteiger partial charge on any atom is 0.282 e. The molecular weight excluding hydrogens is 466 g/mol. The molecule has 2 aromatic carbocycles. The van der Waals surface area contributed by atoms with Gasteiger partial charge in [-0.05, 0) is 48.4 Å². The molecule has 1 atom stereocenters. The van der Waals surface area contributed by atoms with Gasteiger partial charge < -0.3 is 14.8 Å². The quantitative estimate of drug-likeness (QED) is 0.279. The van der Waals surface area contributed by atoms with Gasteiger partial charge in [-0.3, -0.25) is 14.2 Å². The fourth-order valence-corrected chi connectivity index (χ4v) is 4.42. The van der Waals surface area contributed by atoms with E-state index in [1.165, 1.54) is 28.7 Å². The van der Waals surface area contributed by atoms with E-state index in [1.807, 2.05) is 31.2 Å². The molecule has 0 unspecified atom stereocenters. The number of rotatable bonds is 9. The minimum absolute atomic E-state index is 0.182. The lowest BCUT2D eigenvalue weighted by Gasteiger charge is -2.18. The van der Waals surface area contributed by atoms with Crippen molar-refractivity contribution >= 4 is 34.5 Å². The zero-order chi connectivity index (χ0) is 24.8. The van der Waals surface area contributed by atoms with E-state index >= 15 is 0 Å². The van der Waals surface area contributed by atoms with E-state index < -0.39 is 5.25 Å². The molecule has 0 fully saturated rings. The summed E-state index contributed by atoms with van der Waals surface area (Å²) in [4.78, 5) is 39.4. The first-order valence-electron chi connectivity index (χ1n) is 11.0. The highest BCUT2D eigenvalue weighted by Gasteiger charge is 2.23. The van der Waals surface area contributed by atoms with Gasteiger partial charge in [0, 0.05) is 18.1 Å². The molecule has 1 N–H and O–H groups in total. The van der Waals surface area contributed by atoms with Crippen LogP contribution in [-0.2, 0) is 11.3 Å². The number of hydrogen-bond donors (Lipinski definition) is 1. The molecule has 35 heavy (non-hydrogen) atoms. The summed E-state index contributed by atoms with van der Waals surface area (Å²) in [5.41, 5.74) is 1.66. The topological polar surface area (TPSA) is 108 Å². The van der Waals surface area contributed by atoms with Crippen molar-refractivity contribution in [3.63, 3.8) is 0 Å². The first-order valence-corrected chi connectivity index (χ1v) is 11.9. The smallest absolute Gasteiger partial charge is 0.282 e. The van der Waals surface area contributed by atoms with Crippen molar-refractivity contribution in [2.45, 2.75) is 30.3 Å². The minimum Gasteiger partial charge on any atom is -0.497 e.